The van der Waals surface area contributed by atoms with E-state index in [1.54, 1.807) is 4.90 Å². The summed E-state index contributed by atoms with van der Waals surface area (Å²) in [7, 11) is 3.96. The Balaban J connectivity index is 2.05. The lowest BCUT2D eigenvalue weighted by atomic mass is 10.2. The zero-order valence-electron chi connectivity index (χ0n) is 10.4. The third kappa shape index (κ3) is 2.38. The summed E-state index contributed by atoms with van der Waals surface area (Å²) in [4.78, 5) is 26.6. The third-order valence-corrected chi connectivity index (χ3v) is 3.24. The van der Waals surface area contributed by atoms with Crippen molar-refractivity contribution in [3.05, 3.63) is 23.7 Å². The van der Waals surface area contributed by atoms with E-state index in [0.717, 1.165) is 12.7 Å². The van der Waals surface area contributed by atoms with Crippen LogP contribution in [0.25, 0.3) is 0 Å². The molecule has 1 aromatic heterocycles. The molecule has 0 radical (unpaired) electrons. The van der Waals surface area contributed by atoms with Crippen LogP contribution >= 0.6 is 0 Å². The minimum Gasteiger partial charge on any atom is -0.478 e. The Kier molecular flexibility index (Phi) is 3.38. The van der Waals surface area contributed by atoms with Gasteiger partial charge in [-0.1, -0.05) is 0 Å². The largest absolute Gasteiger partial charge is 0.478 e. The molecule has 2 heterocycles. The fourth-order valence-electron chi connectivity index (χ4n) is 2.06. The highest BCUT2D eigenvalue weighted by Crippen LogP contribution is 2.17. The Morgan fingerprint density at radius 2 is 2.22 bits per heavy atom. The number of nitrogens with zero attached hydrogens (tertiary/aromatic N) is 2. The number of rotatable bonds is 3. The number of carboxylic acid groups (broad SMARTS) is 1. The molecule has 2 rings (SSSR count). The average Bonchev–Trinajstić information content (AvgIpc) is 2.97. The Bertz CT molecular complexity index is 466. The van der Waals surface area contributed by atoms with E-state index in [4.69, 9.17) is 9.52 Å². The topological polar surface area (TPSA) is 74.0 Å². The summed E-state index contributed by atoms with van der Waals surface area (Å²) in [6, 6.07) is 1.62. The Morgan fingerprint density at radius 3 is 2.72 bits per heavy atom. The highest BCUT2D eigenvalue weighted by molar-refractivity contribution is 5.95. The van der Waals surface area contributed by atoms with Crippen LogP contribution in [0.2, 0.25) is 0 Å². The summed E-state index contributed by atoms with van der Waals surface area (Å²) in [5.74, 6) is -1.25. The molecule has 1 amide bonds. The summed E-state index contributed by atoms with van der Waals surface area (Å²) < 4.78 is 5.01. The monoisotopic (exact) mass is 252 g/mol. The van der Waals surface area contributed by atoms with Gasteiger partial charge in [0.15, 0.2) is 5.76 Å². The predicted molar refractivity (Wildman–Crippen MR) is 63.7 cm³/mol. The van der Waals surface area contributed by atoms with Gasteiger partial charge in [0.05, 0.1) is 5.56 Å². The van der Waals surface area contributed by atoms with Crippen LogP contribution in [0.1, 0.15) is 27.3 Å². The number of carboxylic acids is 1. The molecule has 98 valence electrons. The van der Waals surface area contributed by atoms with Crippen LogP contribution in [0.3, 0.4) is 0 Å². The summed E-state index contributed by atoms with van der Waals surface area (Å²) in [6.45, 7) is 1.32. The first-order chi connectivity index (χ1) is 8.49. The summed E-state index contributed by atoms with van der Waals surface area (Å²) in [6.07, 6.45) is 2.01. The number of aromatic carboxylic acids is 1. The fraction of sp³-hybridized carbons (Fsp3) is 0.500. The quantitative estimate of drug-likeness (QED) is 0.859. The van der Waals surface area contributed by atoms with Crippen molar-refractivity contribution in [2.24, 2.45) is 0 Å². The van der Waals surface area contributed by atoms with Crippen molar-refractivity contribution in [3.63, 3.8) is 0 Å². The number of furan rings is 1. The molecule has 0 bridgehead atoms. The zero-order chi connectivity index (χ0) is 13.3. The number of likely N-dealkylation sites (N-methyl/N-ethyl adjacent to an activating group) is 1. The highest BCUT2D eigenvalue weighted by Gasteiger charge is 2.29. The van der Waals surface area contributed by atoms with Gasteiger partial charge in [0.2, 0.25) is 0 Å². The van der Waals surface area contributed by atoms with Crippen LogP contribution < -0.4 is 0 Å². The van der Waals surface area contributed by atoms with Crippen LogP contribution in [0.15, 0.2) is 16.7 Å². The molecule has 1 N–H and O–H groups in total. The summed E-state index contributed by atoms with van der Waals surface area (Å²) in [5.41, 5.74) is 0.00158. The zero-order valence-corrected chi connectivity index (χ0v) is 10.4. The van der Waals surface area contributed by atoms with Crippen LogP contribution in [-0.2, 0) is 0 Å². The Labute approximate surface area is 105 Å². The van der Waals surface area contributed by atoms with Gasteiger partial charge in [-0.05, 0) is 20.5 Å². The van der Waals surface area contributed by atoms with E-state index in [1.807, 2.05) is 14.1 Å². The minimum absolute atomic E-state index is 0.00158. The molecule has 0 aliphatic carbocycles. The van der Waals surface area contributed by atoms with Gasteiger partial charge < -0.3 is 19.3 Å². The molecule has 6 nitrogen and oxygen atoms in total. The van der Waals surface area contributed by atoms with Gasteiger partial charge in [0.1, 0.15) is 6.26 Å². The van der Waals surface area contributed by atoms with E-state index in [0.29, 0.717) is 19.1 Å². The molecule has 1 atom stereocenters. The molecule has 18 heavy (non-hydrogen) atoms. The molecular weight excluding hydrogens is 236 g/mol. The molecule has 1 aliphatic heterocycles. The molecular formula is C12H16N2O4. The minimum atomic E-state index is -1.09. The predicted octanol–water partition coefficient (Wildman–Crippen LogP) is 0.754. The van der Waals surface area contributed by atoms with Gasteiger partial charge in [-0.3, -0.25) is 4.79 Å². The van der Waals surface area contributed by atoms with Crippen molar-refractivity contribution in [2.45, 2.75) is 12.5 Å². The molecule has 1 fully saturated rings. The van der Waals surface area contributed by atoms with E-state index >= 15 is 0 Å². The van der Waals surface area contributed by atoms with Gasteiger partial charge in [-0.15, -0.1) is 0 Å². The molecule has 1 aliphatic rings. The first-order valence-corrected chi connectivity index (χ1v) is 5.76. The standard InChI is InChI=1S/C12H16N2O4/c1-13(2)9-3-4-14(6-9)11(15)10-5-8(7-18-10)12(16)17/h5,7,9H,3-4,6H2,1-2H3,(H,16,17). The second-order valence-corrected chi connectivity index (χ2v) is 4.66. The number of amides is 1. The van der Waals surface area contributed by atoms with Crippen LogP contribution in [0, 0.1) is 0 Å². The number of hydrogen-bond acceptors (Lipinski definition) is 4. The molecule has 1 saturated heterocycles. The number of carbonyl (C=O) groups is 2. The molecule has 1 aromatic rings. The van der Waals surface area contributed by atoms with E-state index < -0.39 is 5.97 Å². The van der Waals surface area contributed by atoms with Gasteiger partial charge in [0, 0.05) is 25.2 Å². The Morgan fingerprint density at radius 1 is 1.50 bits per heavy atom. The van der Waals surface area contributed by atoms with Crippen molar-refractivity contribution < 1.29 is 19.1 Å². The smallest absolute Gasteiger partial charge is 0.338 e. The number of likely N-dealkylation sites (tertiary alicyclic amines) is 1. The lowest BCUT2D eigenvalue weighted by Gasteiger charge is -2.19. The summed E-state index contributed by atoms with van der Waals surface area (Å²) in [5, 5.41) is 8.77. The van der Waals surface area contributed by atoms with Crippen LogP contribution in [0.4, 0.5) is 0 Å². The lowest BCUT2D eigenvalue weighted by molar-refractivity contribution is 0.0695. The number of hydrogen-bond donors (Lipinski definition) is 1. The van der Waals surface area contributed by atoms with E-state index in [2.05, 4.69) is 4.90 Å². The second-order valence-electron chi connectivity index (χ2n) is 4.66. The van der Waals surface area contributed by atoms with Crippen molar-refractivity contribution in [2.75, 3.05) is 27.2 Å². The van der Waals surface area contributed by atoms with Crippen molar-refractivity contribution in [1.82, 2.24) is 9.80 Å². The maximum atomic E-state index is 12.1. The number of carbonyl (C=O) groups excluding carboxylic acids is 1. The molecule has 6 heteroatoms. The second kappa shape index (κ2) is 4.81. The highest BCUT2D eigenvalue weighted by atomic mass is 16.4. The van der Waals surface area contributed by atoms with Crippen molar-refractivity contribution in [1.29, 1.82) is 0 Å². The van der Waals surface area contributed by atoms with Crippen molar-refractivity contribution >= 4 is 11.9 Å². The van der Waals surface area contributed by atoms with Gasteiger partial charge in [-0.2, -0.15) is 0 Å². The van der Waals surface area contributed by atoms with Gasteiger partial charge >= 0.3 is 5.97 Å². The molecule has 0 spiro atoms. The van der Waals surface area contributed by atoms with Crippen LogP contribution in [-0.4, -0.2) is 60.0 Å². The van der Waals surface area contributed by atoms with E-state index in [-0.39, 0.29) is 17.2 Å². The lowest BCUT2D eigenvalue weighted by Crippen LogP contribution is -2.34. The fourth-order valence-corrected chi connectivity index (χ4v) is 2.06. The van der Waals surface area contributed by atoms with Crippen molar-refractivity contribution in [3.8, 4) is 0 Å². The van der Waals surface area contributed by atoms with E-state index in [1.165, 1.54) is 6.07 Å². The average molecular weight is 252 g/mol. The first kappa shape index (κ1) is 12.6. The summed E-state index contributed by atoms with van der Waals surface area (Å²) >= 11 is 0. The molecule has 0 saturated carbocycles. The van der Waals surface area contributed by atoms with Crippen LogP contribution in [0.5, 0.6) is 0 Å². The van der Waals surface area contributed by atoms with E-state index in [9.17, 15) is 9.59 Å². The Hall–Kier alpha value is -1.82. The maximum absolute atomic E-state index is 12.1. The molecule has 1 unspecified atom stereocenters. The normalized spacial score (nSPS) is 19.5. The molecule has 0 aromatic carbocycles. The maximum Gasteiger partial charge on any atom is 0.338 e. The van der Waals surface area contributed by atoms with Gasteiger partial charge in [-0.25, -0.2) is 4.79 Å². The first-order valence-electron chi connectivity index (χ1n) is 5.76. The SMILES string of the molecule is CN(C)C1CCN(C(=O)c2cc(C(=O)O)co2)C1. The van der Waals surface area contributed by atoms with Gasteiger partial charge in [0.25, 0.3) is 5.91 Å². The third-order valence-electron chi connectivity index (χ3n) is 3.24.